The zero-order valence-electron chi connectivity index (χ0n) is 15.6. The Bertz CT molecular complexity index is 1090. The number of aromatic nitrogens is 1. The van der Waals surface area contributed by atoms with Crippen LogP contribution in [0.2, 0.25) is 0 Å². The molecule has 0 bridgehead atoms. The highest BCUT2D eigenvalue weighted by atomic mass is 16.5. The number of pyridine rings is 1. The molecule has 0 radical (unpaired) electrons. The minimum Gasteiger partial charge on any atom is -0.493 e. The SMILES string of the molecule is C=C(c1ccc(C#N)c(C)c1)c1cc(CCOc2ccc(C#N)cc2)ccn1. The molecular weight excluding hydrogens is 346 g/mol. The molecule has 136 valence electrons. The van der Waals surface area contributed by atoms with Gasteiger partial charge in [-0.3, -0.25) is 4.98 Å². The van der Waals surface area contributed by atoms with E-state index in [0.29, 0.717) is 17.7 Å². The third kappa shape index (κ3) is 4.44. The molecule has 28 heavy (non-hydrogen) atoms. The van der Waals surface area contributed by atoms with E-state index in [0.717, 1.165) is 40.1 Å². The first-order valence-electron chi connectivity index (χ1n) is 8.89. The first kappa shape index (κ1) is 18.9. The second-order valence-electron chi connectivity index (χ2n) is 6.40. The van der Waals surface area contributed by atoms with Crippen LogP contribution in [0.15, 0.2) is 67.4 Å². The van der Waals surface area contributed by atoms with Gasteiger partial charge in [-0.1, -0.05) is 18.7 Å². The Morgan fingerprint density at radius 1 is 1.04 bits per heavy atom. The molecule has 2 aromatic carbocycles. The van der Waals surface area contributed by atoms with Crippen LogP contribution < -0.4 is 4.74 Å². The van der Waals surface area contributed by atoms with Crippen molar-refractivity contribution in [1.82, 2.24) is 4.98 Å². The molecule has 0 amide bonds. The molecule has 0 aliphatic carbocycles. The Morgan fingerprint density at radius 3 is 2.50 bits per heavy atom. The van der Waals surface area contributed by atoms with Crippen molar-refractivity contribution in [3.05, 3.63) is 101 Å². The summed E-state index contributed by atoms with van der Waals surface area (Å²) in [5, 5.41) is 17.9. The quantitative estimate of drug-likeness (QED) is 0.628. The highest BCUT2D eigenvalue weighted by Crippen LogP contribution is 2.23. The summed E-state index contributed by atoms with van der Waals surface area (Å²) in [5.74, 6) is 0.741. The fraction of sp³-hybridized carbons (Fsp3) is 0.125. The molecule has 0 fully saturated rings. The summed E-state index contributed by atoms with van der Waals surface area (Å²) in [6, 6.07) is 21.0. The minimum absolute atomic E-state index is 0.526. The Hall–Kier alpha value is -3.89. The lowest BCUT2D eigenvalue weighted by atomic mass is 9.98. The van der Waals surface area contributed by atoms with Gasteiger partial charge in [0.05, 0.1) is 35.6 Å². The smallest absolute Gasteiger partial charge is 0.119 e. The standard InChI is InChI=1S/C24H19N3O/c1-17-13-21(5-6-22(17)16-26)18(2)24-14-19(9-11-27-24)10-12-28-23-7-3-20(15-25)4-8-23/h3-9,11,13-14H,2,10,12H2,1H3. The van der Waals surface area contributed by atoms with Crippen LogP contribution in [0.4, 0.5) is 0 Å². The van der Waals surface area contributed by atoms with E-state index >= 15 is 0 Å². The average Bonchev–Trinajstić information content (AvgIpc) is 2.74. The van der Waals surface area contributed by atoms with Crippen LogP contribution in [-0.2, 0) is 6.42 Å². The molecule has 1 aromatic heterocycles. The molecule has 0 aliphatic rings. The van der Waals surface area contributed by atoms with E-state index in [9.17, 15) is 0 Å². The van der Waals surface area contributed by atoms with Gasteiger partial charge in [0.25, 0.3) is 0 Å². The first-order chi connectivity index (χ1) is 13.6. The second-order valence-corrected chi connectivity index (χ2v) is 6.40. The van der Waals surface area contributed by atoms with Crippen molar-refractivity contribution in [3.63, 3.8) is 0 Å². The predicted octanol–water partition coefficient (Wildman–Crippen LogP) is 4.82. The fourth-order valence-corrected chi connectivity index (χ4v) is 2.83. The molecule has 4 heteroatoms. The maximum absolute atomic E-state index is 9.08. The zero-order valence-corrected chi connectivity index (χ0v) is 15.6. The third-order valence-electron chi connectivity index (χ3n) is 4.47. The van der Waals surface area contributed by atoms with Gasteiger partial charge >= 0.3 is 0 Å². The van der Waals surface area contributed by atoms with Gasteiger partial charge < -0.3 is 4.74 Å². The van der Waals surface area contributed by atoms with Crippen molar-refractivity contribution >= 4 is 5.57 Å². The fourth-order valence-electron chi connectivity index (χ4n) is 2.83. The predicted molar refractivity (Wildman–Crippen MR) is 109 cm³/mol. The molecule has 0 saturated carbocycles. The molecule has 3 aromatic rings. The summed E-state index contributed by atoms with van der Waals surface area (Å²) in [6.07, 6.45) is 2.50. The van der Waals surface area contributed by atoms with Gasteiger partial charge in [-0.25, -0.2) is 0 Å². The van der Waals surface area contributed by atoms with E-state index in [1.54, 1.807) is 30.5 Å². The summed E-state index contributed by atoms with van der Waals surface area (Å²) in [4.78, 5) is 4.44. The monoisotopic (exact) mass is 365 g/mol. The maximum atomic E-state index is 9.08. The Kier molecular flexibility index (Phi) is 5.84. The van der Waals surface area contributed by atoms with Crippen LogP contribution in [0.3, 0.4) is 0 Å². The number of benzene rings is 2. The van der Waals surface area contributed by atoms with Gasteiger partial charge in [-0.15, -0.1) is 0 Å². The van der Waals surface area contributed by atoms with Crippen molar-refractivity contribution < 1.29 is 4.74 Å². The van der Waals surface area contributed by atoms with Crippen LogP contribution in [0.25, 0.3) is 5.57 Å². The normalized spacial score (nSPS) is 9.96. The maximum Gasteiger partial charge on any atom is 0.119 e. The Labute approximate surface area is 165 Å². The number of rotatable bonds is 6. The molecule has 4 nitrogen and oxygen atoms in total. The zero-order chi connectivity index (χ0) is 19.9. The molecular formula is C24H19N3O. The van der Waals surface area contributed by atoms with E-state index in [2.05, 4.69) is 23.7 Å². The van der Waals surface area contributed by atoms with Crippen molar-refractivity contribution in [2.24, 2.45) is 0 Å². The number of aryl methyl sites for hydroxylation is 1. The summed E-state index contributed by atoms with van der Waals surface area (Å²) < 4.78 is 5.75. The Balaban J connectivity index is 1.66. The van der Waals surface area contributed by atoms with Crippen LogP contribution in [0.5, 0.6) is 5.75 Å². The summed E-state index contributed by atoms with van der Waals surface area (Å²) in [6.45, 7) is 6.62. The largest absolute Gasteiger partial charge is 0.493 e. The summed E-state index contributed by atoms with van der Waals surface area (Å²) in [5.41, 5.74) is 5.89. The van der Waals surface area contributed by atoms with Crippen molar-refractivity contribution in [1.29, 1.82) is 10.5 Å². The van der Waals surface area contributed by atoms with Gasteiger partial charge in [0.2, 0.25) is 0 Å². The molecule has 1 heterocycles. The minimum atomic E-state index is 0.526. The van der Waals surface area contributed by atoms with E-state index < -0.39 is 0 Å². The van der Waals surface area contributed by atoms with Crippen molar-refractivity contribution in [2.75, 3.05) is 6.61 Å². The van der Waals surface area contributed by atoms with E-state index in [1.807, 2.05) is 37.3 Å². The lowest BCUT2D eigenvalue weighted by Gasteiger charge is -2.10. The molecule has 0 spiro atoms. The molecule has 3 rings (SSSR count). The van der Waals surface area contributed by atoms with Gasteiger partial charge in [-0.05, 0) is 66.1 Å². The van der Waals surface area contributed by atoms with Crippen molar-refractivity contribution in [3.8, 4) is 17.9 Å². The van der Waals surface area contributed by atoms with Crippen LogP contribution >= 0.6 is 0 Å². The highest BCUT2D eigenvalue weighted by Gasteiger charge is 2.07. The number of hydrogen-bond donors (Lipinski definition) is 0. The van der Waals surface area contributed by atoms with Gasteiger partial charge in [-0.2, -0.15) is 10.5 Å². The third-order valence-corrected chi connectivity index (χ3v) is 4.47. The van der Waals surface area contributed by atoms with Gasteiger partial charge in [0.15, 0.2) is 0 Å². The lowest BCUT2D eigenvalue weighted by molar-refractivity contribution is 0.322. The van der Waals surface area contributed by atoms with Gasteiger partial charge in [0.1, 0.15) is 5.75 Å². The topological polar surface area (TPSA) is 69.7 Å². The molecule has 0 aliphatic heterocycles. The highest BCUT2D eigenvalue weighted by molar-refractivity contribution is 5.77. The second kappa shape index (κ2) is 8.66. The van der Waals surface area contributed by atoms with Crippen LogP contribution in [-0.4, -0.2) is 11.6 Å². The van der Waals surface area contributed by atoms with Crippen LogP contribution in [0.1, 0.15) is 33.5 Å². The van der Waals surface area contributed by atoms with E-state index in [-0.39, 0.29) is 0 Å². The summed E-state index contributed by atoms with van der Waals surface area (Å²) in [7, 11) is 0. The van der Waals surface area contributed by atoms with Crippen molar-refractivity contribution in [2.45, 2.75) is 13.3 Å². The number of nitrogens with zero attached hydrogens (tertiary/aromatic N) is 3. The Morgan fingerprint density at radius 2 is 1.82 bits per heavy atom. The van der Waals surface area contributed by atoms with E-state index in [1.165, 1.54) is 0 Å². The number of hydrogen-bond acceptors (Lipinski definition) is 4. The van der Waals surface area contributed by atoms with Gasteiger partial charge in [0, 0.05) is 18.2 Å². The van der Waals surface area contributed by atoms with Crippen LogP contribution in [0, 0.1) is 29.6 Å². The molecule has 0 unspecified atom stereocenters. The average molecular weight is 365 g/mol. The van der Waals surface area contributed by atoms with E-state index in [4.69, 9.17) is 15.3 Å². The molecule has 0 saturated heterocycles. The summed E-state index contributed by atoms with van der Waals surface area (Å²) >= 11 is 0. The molecule has 0 N–H and O–H groups in total. The number of ether oxygens (including phenoxy) is 1. The molecule has 0 atom stereocenters. The lowest BCUT2D eigenvalue weighted by Crippen LogP contribution is -2.02. The number of nitriles is 2. The first-order valence-corrected chi connectivity index (χ1v) is 8.89.